The molecular weight excluding hydrogens is 525 g/mol. The minimum Gasteiger partial charge on any atom is -0.415 e. The lowest BCUT2D eigenvalue weighted by molar-refractivity contribution is 0.161. The fourth-order valence-electron chi connectivity index (χ4n) is 5.35. The molecule has 0 bridgehead atoms. The molecule has 0 fully saturated rings. The average Bonchev–Trinajstić information content (AvgIpc) is 2.95. The van der Waals surface area contributed by atoms with Gasteiger partial charge in [-0.1, -0.05) is 74.5 Å². The predicted molar refractivity (Wildman–Crippen MR) is 163 cm³/mol. The zero-order valence-electron chi connectivity index (χ0n) is 23.8. The largest absolute Gasteiger partial charge is 0.415 e. The number of hydrogen-bond donors (Lipinski definition) is 2. The van der Waals surface area contributed by atoms with Crippen molar-refractivity contribution < 1.29 is 18.0 Å². The fraction of sp³-hybridized carbons (Fsp3) is 0.419. The molecule has 3 rings (SSSR count). The number of aliphatic hydroxyl groups excluding tert-OH is 1. The second-order valence-corrected chi connectivity index (χ2v) is 16.9. The van der Waals surface area contributed by atoms with Crippen molar-refractivity contribution >= 4 is 18.2 Å². The first-order valence-corrected chi connectivity index (χ1v) is 18.1. The first kappa shape index (κ1) is 31.2. The molecule has 0 aliphatic carbocycles. The van der Waals surface area contributed by atoms with Gasteiger partial charge in [-0.25, -0.2) is 8.42 Å². The molecule has 0 saturated carbocycles. The Morgan fingerprint density at radius 1 is 0.974 bits per heavy atom. The van der Waals surface area contributed by atoms with Gasteiger partial charge in [0.15, 0.2) is 9.84 Å². The van der Waals surface area contributed by atoms with Crippen LogP contribution in [0.25, 0.3) is 11.1 Å². The molecule has 0 radical (unpaired) electrons. The van der Waals surface area contributed by atoms with E-state index >= 15 is 0 Å². The highest BCUT2D eigenvalue weighted by Gasteiger charge is 2.40. The molecule has 0 aliphatic rings. The quantitative estimate of drug-likeness (QED) is 0.245. The SMILES string of the molecule is CC[Si](CC)(OCCc1cccc(-c2cc(S(C)(=O)=O)ccc2CN)c1)[C@H](C)N(CCO)Cc1ccccc1. The third-order valence-electron chi connectivity index (χ3n) is 7.87. The Labute approximate surface area is 235 Å². The molecule has 3 aromatic carbocycles. The maximum absolute atomic E-state index is 12.2. The molecule has 0 heterocycles. The van der Waals surface area contributed by atoms with Crippen molar-refractivity contribution in [3.8, 4) is 11.1 Å². The number of aliphatic hydroxyl groups is 1. The van der Waals surface area contributed by atoms with Crippen molar-refractivity contribution in [1.29, 1.82) is 0 Å². The van der Waals surface area contributed by atoms with Crippen molar-refractivity contribution in [2.75, 3.05) is 26.0 Å². The lowest BCUT2D eigenvalue weighted by atomic mass is 9.97. The fourth-order valence-corrected chi connectivity index (χ4v) is 9.73. The van der Waals surface area contributed by atoms with E-state index in [1.165, 1.54) is 11.8 Å². The number of sulfone groups is 1. The van der Waals surface area contributed by atoms with Crippen LogP contribution in [-0.4, -0.2) is 58.4 Å². The second kappa shape index (κ2) is 14.3. The zero-order valence-corrected chi connectivity index (χ0v) is 25.6. The molecule has 0 aliphatic heterocycles. The van der Waals surface area contributed by atoms with E-state index in [1.54, 1.807) is 18.2 Å². The number of rotatable bonds is 15. The summed E-state index contributed by atoms with van der Waals surface area (Å²) in [4.78, 5) is 2.67. The highest BCUT2D eigenvalue weighted by atomic mass is 32.2. The summed E-state index contributed by atoms with van der Waals surface area (Å²) in [5, 5.41) is 9.81. The van der Waals surface area contributed by atoms with Crippen molar-refractivity contribution in [3.05, 3.63) is 89.5 Å². The standard InChI is InChI=1S/C31H44N2O4SSi/c1-5-39(6-2,25(3)33(18-19-34)24-27-11-8-7-9-12-27)37-20-17-26-13-10-14-28(21-26)31-22-30(38(4,35)36)16-15-29(31)23-32/h7-16,21-22,25,34H,5-6,17-20,23-24,32H2,1-4H3/t25-/m1/s1. The lowest BCUT2D eigenvalue weighted by Gasteiger charge is -2.42. The van der Waals surface area contributed by atoms with E-state index in [9.17, 15) is 13.5 Å². The summed E-state index contributed by atoms with van der Waals surface area (Å²) in [6.07, 6.45) is 1.99. The third kappa shape index (κ3) is 8.10. The predicted octanol–water partition coefficient (Wildman–Crippen LogP) is 5.18. The van der Waals surface area contributed by atoms with Gasteiger partial charge in [-0.3, -0.25) is 4.90 Å². The monoisotopic (exact) mass is 568 g/mol. The van der Waals surface area contributed by atoms with Gasteiger partial charge in [0.05, 0.1) is 11.5 Å². The number of nitrogens with two attached hydrogens (primary N) is 1. The van der Waals surface area contributed by atoms with E-state index in [-0.39, 0.29) is 12.3 Å². The first-order chi connectivity index (χ1) is 18.7. The Balaban J connectivity index is 1.77. The molecule has 0 unspecified atom stereocenters. The topological polar surface area (TPSA) is 92.9 Å². The van der Waals surface area contributed by atoms with E-state index in [1.807, 2.05) is 18.2 Å². The molecule has 8 heteroatoms. The van der Waals surface area contributed by atoms with Crippen LogP contribution in [0.1, 0.15) is 37.5 Å². The highest BCUT2D eigenvalue weighted by molar-refractivity contribution is 7.90. The number of benzene rings is 3. The molecule has 3 N–H and O–H groups in total. The molecule has 0 aromatic heterocycles. The van der Waals surface area contributed by atoms with Crippen LogP contribution in [0, 0.1) is 0 Å². The molecule has 39 heavy (non-hydrogen) atoms. The van der Waals surface area contributed by atoms with Crippen LogP contribution in [0.2, 0.25) is 12.1 Å². The van der Waals surface area contributed by atoms with Crippen LogP contribution in [0.5, 0.6) is 0 Å². The molecule has 0 saturated heterocycles. The van der Waals surface area contributed by atoms with Gasteiger partial charge in [0.2, 0.25) is 8.32 Å². The summed E-state index contributed by atoms with van der Waals surface area (Å²) in [6, 6.07) is 25.8. The van der Waals surface area contributed by atoms with Crippen LogP contribution in [0.4, 0.5) is 0 Å². The van der Waals surface area contributed by atoms with Gasteiger partial charge in [0.25, 0.3) is 0 Å². The summed E-state index contributed by atoms with van der Waals surface area (Å²) in [6.45, 7) is 9.21. The Morgan fingerprint density at radius 2 is 1.67 bits per heavy atom. The molecule has 212 valence electrons. The first-order valence-electron chi connectivity index (χ1n) is 13.8. The summed E-state index contributed by atoms with van der Waals surface area (Å²) in [5.74, 6) is 0. The lowest BCUT2D eigenvalue weighted by Crippen LogP contribution is -2.57. The Bertz CT molecular complexity index is 1300. The number of hydrogen-bond acceptors (Lipinski definition) is 6. The molecule has 6 nitrogen and oxygen atoms in total. The Morgan fingerprint density at radius 3 is 2.28 bits per heavy atom. The average molecular weight is 569 g/mol. The van der Waals surface area contributed by atoms with Crippen molar-refractivity contribution in [1.82, 2.24) is 4.90 Å². The Hall–Kier alpha value is -2.33. The van der Waals surface area contributed by atoms with Gasteiger partial charge in [-0.05, 0) is 65.4 Å². The van der Waals surface area contributed by atoms with Gasteiger partial charge in [-0.2, -0.15) is 0 Å². The normalized spacial score (nSPS) is 13.1. The van der Waals surface area contributed by atoms with Gasteiger partial charge >= 0.3 is 0 Å². The minimum atomic E-state index is -3.32. The van der Waals surface area contributed by atoms with Gasteiger partial charge in [0, 0.05) is 38.2 Å². The summed E-state index contributed by atoms with van der Waals surface area (Å²) in [7, 11) is -5.46. The highest BCUT2D eigenvalue weighted by Crippen LogP contribution is 2.29. The van der Waals surface area contributed by atoms with Crippen LogP contribution in [0.15, 0.2) is 77.7 Å². The second-order valence-electron chi connectivity index (χ2n) is 10.2. The summed E-state index contributed by atoms with van der Waals surface area (Å²) < 4.78 is 31.1. The minimum absolute atomic E-state index is 0.118. The van der Waals surface area contributed by atoms with Crippen LogP contribution < -0.4 is 5.73 Å². The van der Waals surface area contributed by atoms with Crippen LogP contribution in [-0.2, 0) is 33.8 Å². The maximum atomic E-state index is 12.2. The van der Waals surface area contributed by atoms with Gasteiger partial charge in [0.1, 0.15) is 0 Å². The molecular formula is C31H44N2O4SSi. The van der Waals surface area contributed by atoms with E-state index in [0.29, 0.717) is 24.6 Å². The van der Waals surface area contributed by atoms with E-state index in [4.69, 9.17) is 10.2 Å². The van der Waals surface area contributed by atoms with Crippen LogP contribution in [0.3, 0.4) is 0 Å². The summed E-state index contributed by atoms with van der Waals surface area (Å²) in [5.41, 5.74) is 11.3. The van der Waals surface area contributed by atoms with Gasteiger partial charge < -0.3 is 15.3 Å². The molecule has 0 spiro atoms. The van der Waals surface area contributed by atoms with Crippen molar-refractivity contribution in [2.24, 2.45) is 5.73 Å². The van der Waals surface area contributed by atoms with E-state index < -0.39 is 18.2 Å². The number of nitrogens with zero attached hydrogens (tertiary/aromatic N) is 1. The molecule has 0 amide bonds. The van der Waals surface area contributed by atoms with Crippen LogP contribution >= 0.6 is 0 Å². The van der Waals surface area contributed by atoms with Crippen molar-refractivity contribution in [3.63, 3.8) is 0 Å². The van der Waals surface area contributed by atoms with Gasteiger partial charge in [-0.15, -0.1) is 0 Å². The van der Waals surface area contributed by atoms with E-state index in [0.717, 1.165) is 47.3 Å². The smallest absolute Gasteiger partial charge is 0.208 e. The van der Waals surface area contributed by atoms with E-state index in [2.05, 4.69) is 62.1 Å². The third-order valence-corrected chi connectivity index (χ3v) is 14.0. The zero-order chi connectivity index (χ0) is 28.5. The molecule has 3 aromatic rings. The Kier molecular flexibility index (Phi) is 11.5. The summed E-state index contributed by atoms with van der Waals surface area (Å²) >= 11 is 0. The maximum Gasteiger partial charge on any atom is 0.208 e. The molecule has 1 atom stereocenters. The van der Waals surface area contributed by atoms with Crippen molar-refractivity contribution in [2.45, 2.75) is 62.9 Å².